The van der Waals surface area contributed by atoms with E-state index in [4.69, 9.17) is 20.9 Å². The lowest BCUT2D eigenvalue weighted by Gasteiger charge is -2.14. The van der Waals surface area contributed by atoms with Gasteiger partial charge in [-0.2, -0.15) is 0 Å². The van der Waals surface area contributed by atoms with Gasteiger partial charge >= 0.3 is 0 Å². The maximum absolute atomic E-state index is 6.21. The highest BCUT2D eigenvalue weighted by Crippen LogP contribution is 2.28. The fourth-order valence-electron chi connectivity index (χ4n) is 1.79. The zero-order chi connectivity index (χ0) is 13.7. The summed E-state index contributed by atoms with van der Waals surface area (Å²) in [5.41, 5.74) is 1.14. The number of benzene rings is 1. The molecule has 0 fully saturated rings. The Morgan fingerprint density at radius 1 is 1.42 bits per heavy atom. The van der Waals surface area contributed by atoms with Gasteiger partial charge in [-0.05, 0) is 31.2 Å². The molecule has 0 aliphatic heterocycles. The molecule has 0 aliphatic carbocycles. The third kappa shape index (κ3) is 3.72. The van der Waals surface area contributed by atoms with Gasteiger partial charge in [0.2, 0.25) is 0 Å². The summed E-state index contributed by atoms with van der Waals surface area (Å²) in [6.07, 6.45) is 1.58. The van der Waals surface area contributed by atoms with Crippen LogP contribution in [0.3, 0.4) is 0 Å². The molecule has 0 saturated carbocycles. The molecule has 5 heteroatoms. The first-order valence-electron chi connectivity index (χ1n) is 6.26. The van der Waals surface area contributed by atoms with Crippen LogP contribution in [-0.2, 0) is 6.61 Å². The molecule has 0 aliphatic rings. The zero-order valence-electron chi connectivity index (χ0n) is 11.0. The van der Waals surface area contributed by atoms with Crippen LogP contribution in [0.2, 0.25) is 5.02 Å². The summed E-state index contributed by atoms with van der Waals surface area (Å²) in [7, 11) is 0. The van der Waals surface area contributed by atoms with Crippen molar-refractivity contribution in [2.24, 2.45) is 0 Å². The molecular formula is C14H17ClN2O2. The topological polar surface area (TPSA) is 47.3 Å². The molecular weight excluding hydrogens is 264 g/mol. The van der Waals surface area contributed by atoms with E-state index in [-0.39, 0.29) is 6.04 Å². The van der Waals surface area contributed by atoms with Crippen LogP contribution in [0.15, 0.2) is 35.0 Å². The lowest BCUT2D eigenvalue weighted by molar-refractivity contribution is 0.249. The van der Waals surface area contributed by atoms with Gasteiger partial charge in [-0.3, -0.25) is 0 Å². The molecule has 1 unspecified atom stereocenters. The van der Waals surface area contributed by atoms with Crippen LogP contribution in [-0.4, -0.2) is 11.7 Å². The van der Waals surface area contributed by atoms with E-state index in [1.807, 2.05) is 18.2 Å². The molecule has 1 aromatic heterocycles. The van der Waals surface area contributed by atoms with Crippen molar-refractivity contribution in [2.75, 3.05) is 6.54 Å². The molecule has 2 aromatic rings. The molecule has 102 valence electrons. The van der Waals surface area contributed by atoms with Crippen LogP contribution < -0.4 is 10.1 Å². The number of nitrogens with one attached hydrogen (secondary N) is 1. The van der Waals surface area contributed by atoms with Crippen LogP contribution in [0, 0.1) is 0 Å². The normalized spacial score (nSPS) is 12.4. The van der Waals surface area contributed by atoms with Crippen molar-refractivity contribution in [3.8, 4) is 5.75 Å². The molecule has 0 bridgehead atoms. The van der Waals surface area contributed by atoms with E-state index < -0.39 is 0 Å². The van der Waals surface area contributed by atoms with E-state index in [9.17, 15) is 0 Å². The monoisotopic (exact) mass is 280 g/mol. The number of ether oxygens (including phenoxy) is 1. The Morgan fingerprint density at radius 2 is 2.26 bits per heavy atom. The number of halogens is 1. The molecule has 0 saturated heterocycles. The Bertz CT molecular complexity index is 514. The first-order valence-corrected chi connectivity index (χ1v) is 6.63. The number of hydrogen-bond donors (Lipinski definition) is 1. The Balaban J connectivity index is 2.02. The highest BCUT2D eigenvalue weighted by molar-refractivity contribution is 6.32. The predicted molar refractivity (Wildman–Crippen MR) is 74.4 cm³/mol. The lowest BCUT2D eigenvalue weighted by Crippen LogP contribution is -2.17. The molecule has 0 amide bonds. The van der Waals surface area contributed by atoms with Crippen molar-refractivity contribution in [3.63, 3.8) is 0 Å². The Hall–Kier alpha value is -1.52. The molecule has 1 atom stereocenters. The van der Waals surface area contributed by atoms with Gasteiger partial charge in [0.15, 0.2) is 5.76 Å². The summed E-state index contributed by atoms with van der Waals surface area (Å²) in [6, 6.07) is 7.84. The molecule has 1 N–H and O–H groups in total. The second kappa shape index (κ2) is 6.59. The van der Waals surface area contributed by atoms with Crippen molar-refractivity contribution in [3.05, 3.63) is 46.8 Å². The quantitative estimate of drug-likeness (QED) is 0.879. The average Bonchev–Trinajstić information content (AvgIpc) is 2.90. The van der Waals surface area contributed by atoms with Gasteiger partial charge in [-0.25, -0.2) is 0 Å². The fourth-order valence-corrected chi connectivity index (χ4v) is 2.04. The second-order valence-electron chi connectivity index (χ2n) is 4.24. The number of nitrogens with zero attached hydrogens (tertiary/aromatic N) is 1. The molecule has 0 radical (unpaired) electrons. The van der Waals surface area contributed by atoms with Gasteiger partial charge in [0.1, 0.15) is 12.4 Å². The van der Waals surface area contributed by atoms with Crippen LogP contribution in [0.4, 0.5) is 0 Å². The van der Waals surface area contributed by atoms with Gasteiger partial charge in [0, 0.05) is 12.1 Å². The Morgan fingerprint density at radius 3 is 2.89 bits per heavy atom. The highest BCUT2D eigenvalue weighted by Gasteiger charge is 2.08. The van der Waals surface area contributed by atoms with E-state index in [1.165, 1.54) is 0 Å². The maximum Gasteiger partial charge on any atom is 0.174 e. The molecule has 1 heterocycles. The van der Waals surface area contributed by atoms with Crippen LogP contribution in [0.1, 0.15) is 31.2 Å². The highest BCUT2D eigenvalue weighted by atomic mass is 35.5. The van der Waals surface area contributed by atoms with E-state index >= 15 is 0 Å². The molecule has 2 rings (SSSR count). The predicted octanol–water partition coefficient (Wildman–Crippen LogP) is 3.58. The summed E-state index contributed by atoms with van der Waals surface area (Å²) < 4.78 is 10.6. The van der Waals surface area contributed by atoms with Crippen molar-refractivity contribution < 1.29 is 9.26 Å². The summed E-state index contributed by atoms with van der Waals surface area (Å²) in [5, 5.41) is 7.56. The summed E-state index contributed by atoms with van der Waals surface area (Å²) in [5.74, 6) is 1.31. The van der Waals surface area contributed by atoms with Gasteiger partial charge < -0.3 is 14.6 Å². The first kappa shape index (κ1) is 13.9. The zero-order valence-corrected chi connectivity index (χ0v) is 11.8. The fraction of sp³-hybridized carbons (Fsp3) is 0.357. The van der Waals surface area contributed by atoms with E-state index in [0.717, 1.165) is 12.1 Å². The first-order chi connectivity index (χ1) is 9.20. The largest absolute Gasteiger partial charge is 0.484 e. The Kier molecular flexibility index (Phi) is 4.82. The Labute approximate surface area is 117 Å². The molecule has 0 spiro atoms. The standard InChI is InChI=1S/C14H17ClN2O2/c1-3-16-10(2)11-4-5-14(13(15)8-11)18-9-12-6-7-17-19-12/h4-8,10,16H,3,9H2,1-2H3. The van der Waals surface area contributed by atoms with Crippen molar-refractivity contribution in [1.29, 1.82) is 0 Å². The van der Waals surface area contributed by atoms with E-state index in [1.54, 1.807) is 12.3 Å². The maximum atomic E-state index is 6.21. The van der Waals surface area contributed by atoms with Crippen molar-refractivity contribution >= 4 is 11.6 Å². The minimum atomic E-state index is 0.269. The van der Waals surface area contributed by atoms with Gasteiger partial charge in [-0.15, -0.1) is 0 Å². The van der Waals surface area contributed by atoms with Crippen molar-refractivity contribution in [2.45, 2.75) is 26.5 Å². The summed E-state index contributed by atoms with van der Waals surface area (Å²) in [6.45, 7) is 5.42. The number of hydrogen-bond acceptors (Lipinski definition) is 4. The van der Waals surface area contributed by atoms with Crippen molar-refractivity contribution in [1.82, 2.24) is 10.5 Å². The van der Waals surface area contributed by atoms with Gasteiger partial charge in [0.05, 0.1) is 11.2 Å². The average molecular weight is 281 g/mol. The van der Waals surface area contributed by atoms with Gasteiger partial charge in [-0.1, -0.05) is 29.7 Å². The van der Waals surface area contributed by atoms with E-state index in [2.05, 4.69) is 24.3 Å². The smallest absolute Gasteiger partial charge is 0.174 e. The number of rotatable bonds is 6. The lowest BCUT2D eigenvalue weighted by atomic mass is 10.1. The number of aromatic nitrogens is 1. The van der Waals surface area contributed by atoms with Gasteiger partial charge in [0.25, 0.3) is 0 Å². The minimum Gasteiger partial charge on any atom is -0.484 e. The van der Waals surface area contributed by atoms with E-state index in [0.29, 0.717) is 23.1 Å². The van der Waals surface area contributed by atoms with Crippen LogP contribution in [0.5, 0.6) is 5.75 Å². The third-order valence-corrected chi connectivity index (χ3v) is 3.12. The summed E-state index contributed by atoms with van der Waals surface area (Å²) in [4.78, 5) is 0. The second-order valence-corrected chi connectivity index (χ2v) is 4.64. The SMILES string of the molecule is CCNC(C)c1ccc(OCc2ccno2)c(Cl)c1. The summed E-state index contributed by atoms with van der Waals surface area (Å²) >= 11 is 6.21. The van der Waals surface area contributed by atoms with Crippen LogP contribution >= 0.6 is 11.6 Å². The minimum absolute atomic E-state index is 0.269. The van der Waals surface area contributed by atoms with Crippen LogP contribution in [0.25, 0.3) is 0 Å². The molecule has 1 aromatic carbocycles. The third-order valence-electron chi connectivity index (χ3n) is 2.83. The molecule has 19 heavy (non-hydrogen) atoms. The molecule has 4 nitrogen and oxygen atoms in total.